The Labute approximate surface area is 258 Å². The van der Waals surface area contributed by atoms with Crippen LogP contribution in [-0.2, 0) is 29.1 Å². The van der Waals surface area contributed by atoms with Gasteiger partial charge in [0.05, 0.1) is 28.0 Å². The lowest BCUT2D eigenvalue weighted by Gasteiger charge is -2.30. The first kappa shape index (κ1) is 30.6. The average molecular weight is 641 g/mol. The molecule has 0 unspecified atom stereocenters. The Balaban J connectivity index is 1.49. The van der Waals surface area contributed by atoms with Gasteiger partial charge in [0.25, 0.3) is 5.91 Å². The molecule has 2 aliphatic heterocycles. The number of hydrogen-bond acceptors (Lipinski definition) is 9. The van der Waals surface area contributed by atoms with E-state index in [9.17, 15) is 27.9 Å². The van der Waals surface area contributed by atoms with Gasteiger partial charge in [-0.1, -0.05) is 54.3 Å². The van der Waals surface area contributed by atoms with E-state index in [0.717, 1.165) is 22.3 Å². The molecule has 2 aromatic carbocycles. The SMILES string of the molecule is CCOC(=O)C1CCN(S(=O)(=O)c2cccc(-c3nn(-c4ccccc4)cc3/C=C3\SC(=S)N(CC(=O)O)C3=O)c2)CC1. The Hall–Kier alpha value is -3.85. The minimum Gasteiger partial charge on any atom is -0.480 e. The molecule has 0 bridgehead atoms. The van der Waals surface area contributed by atoms with Crippen molar-refractivity contribution in [3.05, 3.63) is 71.3 Å². The molecule has 0 atom stereocenters. The number of aromatic nitrogens is 2. The number of para-hydroxylation sites is 1. The highest BCUT2D eigenvalue weighted by molar-refractivity contribution is 8.26. The van der Waals surface area contributed by atoms with E-state index in [1.54, 1.807) is 36.0 Å². The van der Waals surface area contributed by atoms with E-state index < -0.39 is 28.4 Å². The third-order valence-corrected chi connectivity index (χ3v) is 10.3. The molecule has 11 nitrogen and oxygen atoms in total. The van der Waals surface area contributed by atoms with Gasteiger partial charge in [0.2, 0.25) is 10.0 Å². The molecule has 2 fully saturated rings. The van der Waals surface area contributed by atoms with Crippen molar-refractivity contribution in [2.24, 2.45) is 5.92 Å². The highest BCUT2D eigenvalue weighted by atomic mass is 32.2. The maximum absolute atomic E-state index is 13.6. The van der Waals surface area contributed by atoms with Gasteiger partial charge in [-0.2, -0.15) is 9.40 Å². The van der Waals surface area contributed by atoms with Gasteiger partial charge in [0.1, 0.15) is 16.6 Å². The number of nitrogens with zero attached hydrogens (tertiary/aromatic N) is 4. The zero-order valence-electron chi connectivity index (χ0n) is 23.1. The van der Waals surface area contributed by atoms with E-state index in [1.807, 2.05) is 30.3 Å². The van der Waals surface area contributed by atoms with Crippen LogP contribution in [0.15, 0.2) is 70.6 Å². The van der Waals surface area contributed by atoms with Crippen LogP contribution >= 0.6 is 24.0 Å². The van der Waals surface area contributed by atoms with Crippen molar-refractivity contribution in [3.8, 4) is 16.9 Å². The van der Waals surface area contributed by atoms with Crippen molar-refractivity contribution in [2.75, 3.05) is 26.2 Å². The second-order valence-corrected chi connectivity index (χ2v) is 13.4. The van der Waals surface area contributed by atoms with E-state index in [4.69, 9.17) is 22.1 Å². The molecule has 0 aliphatic carbocycles. The Morgan fingerprint density at radius 3 is 2.53 bits per heavy atom. The highest BCUT2D eigenvalue weighted by Crippen LogP contribution is 2.35. The molecule has 1 amide bonds. The molecule has 2 saturated heterocycles. The van der Waals surface area contributed by atoms with Crippen LogP contribution in [0.2, 0.25) is 0 Å². The summed E-state index contributed by atoms with van der Waals surface area (Å²) in [4.78, 5) is 37.7. The fourth-order valence-electron chi connectivity index (χ4n) is 4.89. The summed E-state index contributed by atoms with van der Waals surface area (Å²) in [6, 6.07) is 15.7. The number of esters is 1. The number of aliphatic carboxylic acids is 1. The molecule has 5 rings (SSSR count). The summed E-state index contributed by atoms with van der Waals surface area (Å²) in [6.07, 6.45) is 4.06. The third-order valence-electron chi connectivity index (χ3n) is 7.04. The molecule has 1 aromatic heterocycles. The molecular weight excluding hydrogens is 613 g/mol. The normalized spacial score (nSPS) is 17.5. The van der Waals surface area contributed by atoms with Crippen LogP contribution in [-0.4, -0.2) is 80.9 Å². The molecule has 3 aromatic rings. The van der Waals surface area contributed by atoms with Gasteiger partial charge in [-0.25, -0.2) is 13.1 Å². The molecular formula is C29H28N4O7S3. The number of ether oxygens (including phenoxy) is 1. The molecule has 0 radical (unpaired) electrons. The molecule has 43 heavy (non-hydrogen) atoms. The second kappa shape index (κ2) is 12.8. The van der Waals surface area contributed by atoms with Crippen LogP contribution < -0.4 is 0 Å². The van der Waals surface area contributed by atoms with Gasteiger partial charge >= 0.3 is 11.9 Å². The van der Waals surface area contributed by atoms with Gasteiger partial charge in [-0.3, -0.25) is 19.3 Å². The van der Waals surface area contributed by atoms with Crippen LogP contribution in [0.1, 0.15) is 25.3 Å². The number of carboxylic acids is 1. The van der Waals surface area contributed by atoms with Gasteiger partial charge in [-0.05, 0) is 50.1 Å². The molecule has 0 spiro atoms. The number of benzene rings is 2. The highest BCUT2D eigenvalue weighted by Gasteiger charge is 2.35. The summed E-state index contributed by atoms with van der Waals surface area (Å²) in [5, 5.41) is 13.9. The summed E-state index contributed by atoms with van der Waals surface area (Å²) >= 11 is 6.23. The summed E-state index contributed by atoms with van der Waals surface area (Å²) in [7, 11) is -3.88. The number of carboxylic acid groups (broad SMARTS) is 1. The van der Waals surface area contributed by atoms with Crippen LogP contribution in [0.5, 0.6) is 0 Å². The van der Waals surface area contributed by atoms with Gasteiger partial charge in [0.15, 0.2) is 0 Å². The monoisotopic (exact) mass is 640 g/mol. The zero-order valence-corrected chi connectivity index (χ0v) is 25.5. The van der Waals surface area contributed by atoms with E-state index in [-0.39, 0.29) is 45.7 Å². The summed E-state index contributed by atoms with van der Waals surface area (Å²) < 4.78 is 35.5. The first-order valence-electron chi connectivity index (χ1n) is 13.5. The number of hydrogen-bond donors (Lipinski definition) is 1. The minimum absolute atomic E-state index is 0.0765. The van der Waals surface area contributed by atoms with Gasteiger partial charge < -0.3 is 9.84 Å². The van der Waals surface area contributed by atoms with Crippen molar-refractivity contribution in [2.45, 2.75) is 24.7 Å². The predicted octanol–water partition coefficient (Wildman–Crippen LogP) is 3.79. The number of piperidine rings is 1. The molecule has 0 saturated carbocycles. The first-order chi connectivity index (χ1) is 20.6. The largest absolute Gasteiger partial charge is 0.480 e. The number of thiocarbonyl (C=S) groups is 1. The number of rotatable bonds is 9. The number of sulfonamides is 1. The van der Waals surface area contributed by atoms with Crippen molar-refractivity contribution >= 4 is 62.2 Å². The van der Waals surface area contributed by atoms with Crippen LogP contribution in [0.3, 0.4) is 0 Å². The Kier molecular flexibility index (Phi) is 9.11. The summed E-state index contributed by atoms with van der Waals surface area (Å²) in [5.74, 6) is -2.34. The number of amides is 1. The smallest absolute Gasteiger partial charge is 0.323 e. The number of carbonyl (C=O) groups excluding carboxylic acids is 2. The van der Waals surface area contributed by atoms with E-state index >= 15 is 0 Å². The quantitative estimate of drug-likeness (QED) is 0.209. The van der Waals surface area contributed by atoms with Crippen molar-refractivity contribution in [1.82, 2.24) is 19.0 Å². The second-order valence-electron chi connectivity index (χ2n) is 9.83. The average Bonchev–Trinajstić information content (AvgIpc) is 3.54. The number of carbonyl (C=O) groups is 3. The van der Waals surface area contributed by atoms with Crippen LogP contribution in [0, 0.1) is 5.92 Å². The predicted molar refractivity (Wildman–Crippen MR) is 165 cm³/mol. The van der Waals surface area contributed by atoms with E-state index in [0.29, 0.717) is 29.7 Å². The van der Waals surface area contributed by atoms with Gasteiger partial charge in [-0.15, -0.1) is 0 Å². The fourth-order valence-corrected chi connectivity index (χ4v) is 7.65. The van der Waals surface area contributed by atoms with Gasteiger partial charge in [0, 0.05) is 30.4 Å². The minimum atomic E-state index is -3.88. The van der Waals surface area contributed by atoms with Crippen LogP contribution in [0.4, 0.5) is 0 Å². The molecule has 1 N–H and O–H groups in total. The maximum atomic E-state index is 13.6. The Morgan fingerprint density at radius 2 is 1.86 bits per heavy atom. The maximum Gasteiger partial charge on any atom is 0.323 e. The lowest BCUT2D eigenvalue weighted by Crippen LogP contribution is -2.40. The zero-order chi connectivity index (χ0) is 30.7. The molecule has 224 valence electrons. The summed E-state index contributed by atoms with van der Waals surface area (Å²) in [6.45, 7) is 1.87. The molecule has 14 heteroatoms. The Bertz CT molecular complexity index is 1710. The van der Waals surface area contributed by atoms with Crippen molar-refractivity contribution in [1.29, 1.82) is 0 Å². The lowest BCUT2D eigenvalue weighted by molar-refractivity contribution is -0.149. The van der Waals surface area contributed by atoms with E-state index in [2.05, 4.69) is 0 Å². The van der Waals surface area contributed by atoms with E-state index in [1.165, 1.54) is 16.4 Å². The van der Waals surface area contributed by atoms with Crippen molar-refractivity contribution in [3.63, 3.8) is 0 Å². The Morgan fingerprint density at radius 1 is 1.14 bits per heavy atom. The number of thioether (sulfide) groups is 1. The lowest BCUT2D eigenvalue weighted by atomic mass is 9.98. The molecule has 3 heterocycles. The standard InChI is InChI=1S/C29H28N4O7S3/c1-2-40-28(37)19-11-13-31(14-12-19)43(38,39)23-10-6-7-20(15-23)26-21(17-33(30-26)22-8-4-3-5-9-22)16-24-27(36)32(18-25(34)35)29(41)42-24/h3-10,15-17,19H,2,11-14,18H2,1H3,(H,34,35)/b24-16-. The first-order valence-corrected chi connectivity index (χ1v) is 16.1. The summed E-state index contributed by atoms with van der Waals surface area (Å²) in [5.41, 5.74) is 2.19. The third kappa shape index (κ3) is 6.56. The van der Waals surface area contributed by atoms with Crippen molar-refractivity contribution < 1.29 is 32.6 Å². The molecule has 2 aliphatic rings. The van der Waals surface area contributed by atoms with Crippen LogP contribution in [0.25, 0.3) is 23.0 Å². The fraction of sp³-hybridized carbons (Fsp3) is 0.276. The topological polar surface area (TPSA) is 139 Å².